The maximum Gasteiger partial charge on any atom is 0.260 e. The smallest absolute Gasteiger partial charge is 0.260 e. The van der Waals surface area contributed by atoms with Crippen LogP contribution in [0.3, 0.4) is 0 Å². The van der Waals surface area contributed by atoms with Gasteiger partial charge in [-0.25, -0.2) is 0 Å². The van der Waals surface area contributed by atoms with Gasteiger partial charge >= 0.3 is 0 Å². The average Bonchev–Trinajstić information content (AvgIpc) is 2.87. The topological polar surface area (TPSA) is 53.1 Å². The van der Waals surface area contributed by atoms with E-state index in [-0.39, 0.29) is 18.4 Å². The zero-order valence-corrected chi connectivity index (χ0v) is 16.4. The molecule has 0 aromatic heterocycles. The molecule has 144 valence electrons. The third kappa shape index (κ3) is 6.18. The van der Waals surface area contributed by atoms with Gasteiger partial charge in [0.1, 0.15) is 5.75 Å². The number of hydrogen-bond donors (Lipinski definition) is 0. The van der Waals surface area contributed by atoms with Gasteiger partial charge in [-0.05, 0) is 44.5 Å². The number of likely N-dealkylation sites (N-methyl/N-ethyl adjacent to an activating group) is 1. The Morgan fingerprint density at radius 3 is 2.42 bits per heavy atom. The number of amides is 2. The molecule has 1 aromatic rings. The van der Waals surface area contributed by atoms with E-state index in [0.29, 0.717) is 37.0 Å². The minimum absolute atomic E-state index is 0.0139. The van der Waals surface area contributed by atoms with E-state index in [0.717, 1.165) is 26.1 Å². The summed E-state index contributed by atoms with van der Waals surface area (Å²) in [6.07, 6.45) is 0.859. The second-order valence-electron chi connectivity index (χ2n) is 6.32. The van der Waals surface area contributed by atoms with Crippen molar-refractivity contribution in [3.05, 3.63) is 29.3 Å². The molecule has 0 spiro atoms. The molecule has 1 fully saturated rings. The first-order chi connectivity index (χ1) is 12.5. The molecule has 2 rings (SSSR count). The summed E-state index contributed by atoms with van der Waals surface area (Å²) in [5, 5.41) is 0.635. The second-order valence-corrected chi connectivity index (χ2v) is 6.76. The molecule has 1 saturated heterocycles. The maximum absolute atomic E-state index is 12.4. The Morgan fingerprint density at radius 2 is 1.77 bits per heavy atom. The summed E-state index contributed by atoms with van der Waals surface area (Å²) in [6, 6.07) is 6.97. The van der Waals surface area contributed by atoms with Crippen molar-refractivity contribution in [1.29, 1.82) is 0 Å². The van der Waals surface area contributed by atoms with Gasteiger partial charge in [0.25, 0.3) is 5.91 Å². The maximum atomic E-state index is 12.4. The van der Waals surface area contributed by atoms with Crippen LogP contribution in [-0.2, 0) is 9.59 Å². The number of hydrogen-bond acceptors (Lipinski definition) is 4. The number of rotatable bonds is 7. The minimum atomic E-state index is -0.0307. The van der Waals surface area contributed by atoms with Crippen molar-refractivity contribution in [2.75, 3.05) is 52.4 Å². The highest BCUT2D eigenvalue weighted by Gasteiger charge is 2.22. The number of halogens is 1. The van der Waals surface area contributed by atoms with Crippen LogP contribution in [0, 0.1) is 0 Å². The van der Waals surface area contributed by atoms with Crippen molar-refractivity contribution in [2.45, 2.75) is 20.3 Å². The first-order valence-corrected chi connectivity index (χ1v) is 9.57. The van der Waals surface area contributed by atoms with Gasteiger partial charge in [-0.3, -0.25) is 14.5 Å². The number of benzene rings is 1. The Hall–Kier alpha value is -1.79. The Bertz CT molecular complexity index is 590. The van der Waals surface area contributed by atoms with Gasteiger partial charge in [-0.15, -0.1) is 0 Å². The standard InChI is InChI=1S/C19H28ClN3O3/c1-3-22(4-2)18(24)14-21-10-5-11-23(13-12-21)19(25)15-26-17-8-6-16(20)7-9-17/h6-9H,3-5,10-15H2,1-2H3. The van der Waals surface area contributed by atoms with Crippen LogP contribution < -0.4 is 4.74 Å². The zero-order chi connectivity index (χ0) is 18.9. The number of carbonyl (C=O) groups is 2. The Balaban J connectivity index is 1.78. The summed E-state index contributed by atoms with van der Waals surface area (Å²) >= 11 is 5.84. The summed E-state index contributed by atoms with van der Waals surface area (Å²) in [6.45, 7) is 8.73. The lowest BCUT2D eigenvalue weighted by Gasteiger charge is -2.25. The van der Waals surface area contributed by atoms with Crippen LogP contribution in [0.1, 0.15) is 20.3 Å². The quantitative estimate of drug-likeness (QED) is 0.726. The first-order valence-electron chi connectivity index (χ1n) is 9.19. The molecule has 1 aliphatic heterocycles. The van der Waals surface area contributed by atoms with Crippen molar-refractivity contribution in [1.82, 2.24) is 14.7 Å². The molecule has 26 heavy (non-hydrogen) atoms. The molecule has 7 heteroatoms. The van der Waals surface area contributed by atoms with E-state index in [4.69, 9.17) is 16.3 Å². The Morgan fingerprint density at radius 1 is 1.08 bits per heavy atom. The third-order valence-electron chi connectivity index (χ3n) is 4.59. The molecule has 0 N–H and O–H groups in total. The van der Waals surface area contributed by atoms with E-state index in [2.05, 4.69) is 4.90 Å². The lowest BCUT2D eigenvalue weighted by atomic mass is 10.3. The van der Waals surface area contributed by atoms with E-state index in [1.807, 2.05) is 23.6 Å². The zero-order valence-electron chi connectivity index (χ0n) is 15.6. The van der Waals surface area contributed by atoms with Crippen molar-refractivity contribution < 1.29 is 14.3 Å². The molecule has 0 radical (unpaired) electrons. The monoisotopic (exact) mass is 381 g/mol. The number of nitrogens with zero attached hydrogens (tertiary/aromatic N) is 3. The number of ether oxygens (including phenoxy) is 1. The summed E-state index contributed by atoms with van der Waals surface area (Å²) < 4.78 is 5.54. The molecular formula is C19H28ClN3O3. The Labute approximate surface area is 160 Å². The summed E-state index contributed by atoms with van der Waals surface area (Å²) in [5.74, 6) is 0.752. The molecule has 0 bridgehead atoms. The van der Waals surface area contributed by atoms with E-state index in [1.165, 1.54) is 0 Å². The third-order valence-corrected chi connectivity index (χ3v) is 4.84. The molecule has 0 atom stereocenters. The van der Waals surface area contributed by atoms with Gasteiger partial charge in [0.15, 0.2) is 6.61 Å². The lowest BCUT2D eigenvalue weighted by Crippen LogP contribution is -2.42. The molecule has 0 aliphatic carbocycles. The van der Waals surface area contributed by atoms with E-state index < -0.39 is 0 Å². The fraction of sp³-hybridized carbons (Fsp3) is 0.579. The lowest BCUT2D eigenvalue weighted by molar-refractivity contribution is -0.133. The minimum Gasteiger partial charge on any atom is -0.484 e. The van der Waals surface area contributed by atoms with E-state index in [1.54, 1.807) is 24.3 Å². The molecule has 1 heterocycles. The predicted octanol–water partition coefficient (Wildman–Crippen LogP) is 2.12. The van der Waals surface area contributed by atoms with Crippen molar-refractivity contribution in [2.24, 2.45) is 0 Å². The van der Waals surface area contributed by atoms with Crippen LogP contribution in [0.25, 0.3) is 0 Å². The van der Waals surface area contributed by atoms with Crippen LogP contribution in [0.4, 0.5) is 0 Å². The van der Waals surface area contributed by atoms with E-state index >= 15 is 0 Å². The summed E-state index contributed by atoms with van der Waals surface area (Å²) in [4.78, 5) is 30.5. The van der Waals surface area contributed by atoms with Crippen LogP contribution >= 0.6 is 11.6 Å². The first kappa shape index (κ1) is 20.5. The second kappa shape index (κ2) is 10.4. The Kier molecular flexibility index (Phi) is 8.19. The van der Waals surface area contributed by atoms with E-state index in [9.17, 15) is 9.59 Å². The van der Waals surface area contributed by atoms with Gasteiger partial charge in [-0.2, -0.15) is 0 Å². The highest BCUT2D eigenvalue weighted by atomic mass is 35.5. The van der Waals surface area contributed by atoms with Crippen molar-refractivity contribution in [3.63, 3.8) is 0 Å². The molecule has 6 nitrogen and oxygen atoms in total. The average molecular weight is 382 g/mol. The molecule has 1 aromatic carbocycles. The van der Waals surface area contributed by atoms with Crippen LogP contribution in [0.5, 0.6) is 5.75 Å². The van der Waals surface area contributed by atoms with Crippen LogP contribution in [0.2, 0.25) is 5.02 Å². The highest BCUT2D eigenvalue weighted by molar-refractivity contribution is 6.30. The molecule has 1 aliphatic rings. The molecule has 2 amide bonds. The molecule has 0 unspecified atom stereocenters. The van der Waals surface area contributed by atoms with Crippen molar-refractivity contribution >= 4 is 23.4 Å². The predicted molar refractivity (Wildman–Crippen MR) is 103 cm³/mol. The van der Waals surface area contributed by atoms with Gasteiger partial charge < -0.3 is 14.5 Å². The normalized spacial score (nSPS) is 15.4. The van der Waals surface area contributed by atoms with Gasteiger partial charge in [0.05, 0.1) is 6.54 Å². The highest BCUT2D eigenvalue weighted by Crippen LogP contribution is 2.15. The van der Waals surface area contributed by atoms with Crippen molar-refractivity contribution in [3.8, 4) is 5.75 Å². The number of carbonyl (C=O) groups excluding carboxylic acids is 2. The van der Waals surface area contributed by atoms with Crippen LogP contribution in [-0.4, -0.2) is 78.9 Å². The van der Waals surface area contributed by atoms with Gasteiger partial charge in [0, 0.05) is 44.3 Å². The summed E-state index contributed by atoms with van der Waals surface area (Å²) in [5.41, 5.74) is 0. The van der Waals surface area contributed by atoms with Crippen LogP contribution in [0.15, 0.2) is 24.3 Å². The largest absolute Gasteiger partial charge is 0.484 e. The van der Waals surface area contributed by atoms with Gasteiger partial charge in [-0.1, -0.05) is 11.6 Å². The fourth-order valence-electron chi connectivity index (χ4n) is 3.01. The molecule has 0 saturated carbocycles. The van der Waals surface area contributed by atoms with Gasteiger partial charge in [0.2, 0.25) is 5.91 Å². The molecular weight excluding hydrogens is 354 g/mol. The fourth-order valence-corrected chi connectivity index (χ4v) is 3.14. The summed E-state index contributed by atoms with van der Waals surface area (Å²) in [7, 11) is 0. The SMILES string of the molecule is CCN(CC)C(=O)CN1CCCN(C(=O)COc2ccc(Cl)cc2)CC1.